The average Bonchev–Trinajstić information content (AvgIpc) is 2.27. The molecule has 0 fully saturated rings. The van der Waals surface area contributed by atoms with Crippen LogP contribution in [0, 0.1) is 12.7 Å². The summed E-state index contributed by atoms with van der Waals surface area (Å²) in [6.45, 7) is 8.30. The molecule has 18 heavy (non-hydrogen) atoms. The number of nitrogens with one attached hydrogen (secondary N) is 1. The Morgan fingerprint density at radius 3 is 2.61 bits per heavy atom. The third-order valence-corrected chi connectivity index (χ3v) is 3.63. The van der Waals surface area contributed by atoms with Crippen molar-refractivity contribution in [3.63, 3.8) is 0 Å². The maximum Gasteiger partial charge on any atom is 0.230 e. The second-order valence-corrected chi connectivity index (χ2v) is 7.06. The summed E-state index contributed by atoms with van der Waals surface area (Å²) in [6, 6.07) is 5.02. The van der Waals surface area contributed by atoms with E-state index in [1.54, 1.807) is 24.8 Å². The van der Waals surface area contributed by atoms with Gasteiger partial charge in [-0.05, 0) is 24.1 Å². The van der Waals surface area contributed by atoms with Crippen molar-refractivity contribution in [2.24, 2.45) is 0 Å². The van der Waals surface area contributed by atoms with Crippen molar-refractivity contribution in [1.82, 2.24) is 5.32 Å². The molecule has 0 unspecified atom stereocenters. The number of thioether (sulfide) groups is 1. The number of amides is 1. The zero-order chi connectivity index (χ0) is 13.8. The fourth-order valence-corrected chi connectivity index (χ4v) is 1.95. The van der Waals surface area contributed by atoms with E-state index in [2.05, 4.69) is 26.1 Å². The number of rotatable bonds is 4. The van der Waals surface area contributed by atoms with Gasteiger partial charge in [-0.25, -0.2) is 4.39 Å². The molecule has 0 aliphatic heterocycles. The van der Waals surface area contributed by atoms with E-state index in [4.69, 9.17) is 0 Å². The number of carbonyl (C=O) groups excluding carboxylic acids is 1. The lowest BCUT2D eigenvalue weighted by molar-refractivity contribution is -0.118. The summed E-state index contributed by atoms with van der Waals surface area (Å²) >= 11 is 1.60. The molecule has 1 aromatic rings. The molecule has 0 atom stereocenters. The summed E-state index contributed by atoms with van der Waals surface area (Å²) in [5.74, 6) is 0.180. The SMILES string of the molecule is Cc1ccc(CNC(=O)CSC(C)(C)C)cc1F. The predicted molar refractivity (Wildman–Crippen MR) is 75.2 cm³/mol. The first kappa shape index (κ1) is 15.0. The van der Waals surface area contributed by atoms with Crippen LogP contribution in [0.4, 0.5) is 4.39 Å². The van der Waals surface area contributed by atoms with E-state index in [1.165, 1.54) is 6.07 Å². The Bertz CT molecular complexity index is 426. The van der Waals surface area contributed by atoms with Crippen molar-refractivity contribution < 1.29 is 9.18 Å². The monoisotopic (exact) mass is 269 g/mol. The average molecular weight is 269 g/mol. The minimum Gasteiger partial charge on any atom is -0.351 e. The molecule has 0 aromatic heterocycles. The summed E-state index contributed by atoms with van der Waals surface area (Å²) in [4.78, 5) is 11.6. The van der Waals surface area contributed by atoms with Crippen LogP contribution in [0.2, 0.25) is 0 Å². The highest BCUT2D eigenvalue weighted by Gasteiger charge is 2.13. The normalized spacial score (nSPS) is 11.4. The summed E-state index contributed by atoms with van der Waals surface area (Å²) in [5.41, 5.74) is 1.40. The Kier molecular flexibility index (Phi) is 5.20. The van der Waals surface area contributed by atoms with Gasteiger partial charge in [0.2, 0.25) is 5.91 Å². The molecular weight excluding hydrogens is 249 g/mol. The summed E-state index contributed by atoms with van der Waals surface area (Å²) < 4.78 is 13.4. The molecule has 0 bridgehead atoms. The Hall–Kier alpha value is -1.03. The van der Waals surface area contributed by atoms with Crippen LogP contribution in [-0.2, 0) is 11.3 Å². The Labute approximate surface area is 112 Å². The van der Waals surface area contributed by atoms with E-state index >= 15 is 0 Å². The molecule has 0 aliphatic rings. The van der Waals surface area contributed by atoms with Crippen molar-refractivity contribution in [2.45, 2.75) is 39.0 Å². The van der Waals surface area contributed by atoms with E-state index in [0.717, 1.165) is 5.56 Å². The molecule has 0 spiro atoms. The highest BCUT2D eigenvalue weighted by atomic mass is 32.2. The number of hydrogen-bond acceptors (Lipinski definition) is 2. The zero-order valence-electron chi connectivity index (χ0n) is 11.3. The van der Waals surface area contributed by atoms with Gasteiger partial charge in [-0.3, -0.25) is 4.79 Å². The Balaban J connectivity index is 2.40. The highest BCUT2D eigenvalue weighted by molar-refractivity contribution is 8.01. The van der Waals surface area contributed by atoms with Crippen LogP contribution in [0.1, 0.15) is 31.9 Å². The van der Waals surface area contributed by atoms with Gasteiger partial charge in [-0.2, -0.15) is 0 Å². The third kappa shape index (κ3) is 5.54. The van der Waals surface area contributed by atoms with Gasteiger partial charge in [0.15, 0.2) is 0 Å². The van der Waals surface area contributed by atoms with Gasteiger partial charge in [0.1, 0.15) is 5.82 Å². The Morgan fingerprint density at radius 2 is 2.06 bits per heavy atom. The maximum absolute atomic E-state index is 13.3. The van der Waals surface area contributed by atoms with Crippen LogP contribution >= 0.6 is 11.8 Å². The molecule has 0 aliphatic carbocycles. The molecule has 100 valence electrons. The van der Waals surface area contributed by atoms with Gasteiger partial charge in [0.25, 0.3) is 0 Å². The maximum atomic E-state index is 13.3. The fourth-order valence-electron chi connectivity index (χ4n) is 1.28. The highest BCUT2D eigenvalue weighted by Crippen LogP contribution is 2.22. The fraction of sp³-hybridized carbons (Fsp3) is 0.500. The van der Waals surface area contributed by atoms with E-state index in [9.17, 15) is 9.18 Å². The van der Waals surface area contributed by atoms with Crippen molar-refractivity contribution in [2.75, 3.05) is 5.75 Å². The quantitative estimate of drug-likeness (QED) is 0.909. The van der Waals surface area contributed by atoms with Crippen molar-refractivity contribution >= 4 is 17.7 Å². The number of carbonyl (C=O) groups is 1. The van der Waals surface area contributed by atoms with Gasteiger partial charge < -0.3 is 5.32 Å². The second-order valence-electron chi connectivity index (χ2n) is 5.26. The molecule has 1 N–H and O–H groups in total. The molecule has 2 nitrogen and oxygen atoms in total. The van der Waals surface area contributed by atoms with Crippen LogP contribution in [0.3, 0.4) is 0 Å². The first-order chi connectivity index (χ1) is 8.28. The molecule has 0 radical (unpaired) electrons. The van der Waals surface area contributed by atoms with E-state index in [-0.39, 0.29) is 16.5 Å². The minimum atomic E-state index is -0.231. The Morgan fingerprint density at radius 1 is 1.39 bits per heavy atom. The lowest BCUT2D eigenvalue weighted by Gasteiger charge is -2.17. The van der Waals surface area contributed by atoms with E-state index in [0.29, 0.717) is 17.9 Å². The third-order valence-electron chi connectivity index (χ3n) is 2.36. The lowest BCUT2D eigenvalue weighted by atomic mass is 10.1. The topological polar surface area (TPSA) is 29.1 Å². The molecule has 1 rings (SSSR count). The first-order valence-electron chi connectivity index (χ1n) is 5.93. The molecule has 4 heteroatoms. The minimum absolute atomic E-state index is 0.0177. The smallest absolute Gasteiger partial charge is 0.230 e. The van der Waals surface area contributed by atoms with Crippen LogP contribution < -0.4 is 5.32 Å². The van der Waals surface area contributed by atoms with Crippen molar-refractivity contribution in [3.8, 4) is 0 Å². The molecule has 1 amide bonds. The molecular formula is C14H20FNOS. The van der Waals surface area contributed by atoms with E-state index < -0.39 is 0 Å². The van der Waals surface area contributed by atoms with Gasteiger partial charge >= 0.3 is 0 Å². The molecule has 0 heterocycles. The summed E-state index contributed by atoms with van der Waals surface area (Å²) in [5, 5.41) is 2.79. The second kappa shape index (κ2) is 6.23. The van der Waals surface area contributed by atoms with Crippen LogP contribution in [0.5, 0.6) is 0 Å². The summed E-state index contributed by atoms with van der Waals surface area (Å²) in [6.07, 6.45) is 0. The van der Waals surface area contributed by atoms with Gasteiger partial charge in [0.05, 0.1) is 5.75 Å². The predicted octanol–water partition coefficient (Wildman–Crippen LogP) is 3.28. The number of aryl methyl sites for hydroxylation is 1. The van der Waals surface area contributed by atoms with Crippen LogP contribution in [0.25, 0.3) is 0 Å². The van der Waals surface area contributed by atoms with Crippen LogP contribution in [0.15, 0.2) is 18.2 Å². The molecule has 0 saturated carbocycles. The molecule has 0 saturated heterocycles. The first-order valence-corrected chi connectivity index (χ1v) is 6.92. The number of halogens is 1. The van der Waals surface area contributed by atoms with Gasteiger partial charge in [0, 0.05) is 11.3 Å². The van der Waals surface area contributed by atoms with E-state index in [1.807, 2.05) is 6.07 Å². The van der Waals surface area contributed by atoms with Crippen molar-refractivity contribution in [1.29, 1.82) is 0 Å². The largest absolute Gasteiger partial charge is 0.351 e. The van der Waals surface area contributed by atoms with Gasteiger partial charge in [-0.15, -0.1) is 11.8 Å². The van der Waals surface area contributed by atoms with Crippen molar-refractivity contribution in [3.05, 3.63) is 35.1 Å². The van der Waals surface area contributed by atoms with Gasteiger partial charge in [-0.1, -0.05) is 32.9 Å². The van der Waals surface area contributed by atoms with Crippen LogP contribution in [-0.4, -0.2) is 16.4 Å². The standard InChI is InChI=1S/C14H20FNOS/c1-10-5-6-11(7-12(10)15)8-16-13(17)9-18-14(2,3)4/h5-7H,8-9H2,1-4H3,(H,16,17). The summed E-state index contributed by atoms with van der Waals surface area (Å²) in [7, 11) is 0. The number of benzene rings is 1. The molecule has 1 aromatic carbocycles. The zero-order valence-corrected chi connectivity index (χ0v) is 12.2. The lowest BCUT2D eigenvalue weighted by Crippen LogP contribution is -2.26. The number of hydrogen-bond donors (Lipinski definition) is 1.